The van der Waals surface area contributed by atoms with E-state index < -0.39 is 34.7 Å². The largest absolute Gasteiger partial charge is 0.363 e. The van der Waals surface area contributed by atoms with Gasteiger partial charge in [0.2, 0.25) is 0 Å². The van der Waals surface area contributed by atoms with Crippen LogP contribution in [0, 0.1) is 5.82 Å². The number of aliphatic imine (C=N–C) groups is 1. The van der Waals surface area contributed by atoms with Crippen molar-refractivity contribution < 1.29 is 22.7 Å². The van der Waals surface area contributed by atoms with E-state index in [0.717, 1.165) is 6.92 Å². The molecule has 3 rings (SSSR count). The molecule has 1 aromatic rings. The van der Waals surface area contributed by atoms with Crippen molar-refractivity contribution in [1.29, 1.82) is 0 Å². The van der Waals surface area contributed by atoms with E-state index in [1.807, 2.05) is 0 Å². The lowest BCUT2D eigenvalue weighted by atomic mass is 9.93. The third-order valence-corrected chi connectivity index (χ3v) is 5.94. The van der Waals surface area contributed by atoms with Gasteiger partial charge in [0.1, 0.15) is 12.0 Å². The van der Waals surface area contributed by atoms with Crippen LogP contribution in [-0.4, -0.2) is 35.1 Å². The van der Waals surface area contributed by atoms with Crippen molar-refractivity contribution in [2.75, 3.05) is 7.11 Å². The normalized spacial score (nSPS) is 25.8. The summed E-state index contributed by atoms with van der Waals surface area (Å²) in [6.45, 7) is 2.82. The summed E-state index contributed by atoms with van der Waals surface area (Å²) in [4.78, 5) is 16.2. The van der Waals surface area contributed by atoms with Gasteiger partial charge in [-0.3, -0.25) is 4.79 Å². The summed E-state index contributed by atoms with van der Waals surface area (Å²) < 4.78 is 47.3. The Morgan fingerprint density at radius 3 is 2.79 bits per heavy atom. The number of halogens is 3. The molecule has 150 valence electrons. The van der Waals surface area contributed by atoms with Crippen LogP contribution in [0.2, 0.25) is 0 Å². The van der Waals surface area contributed by atoms with Gasteiger partial charge in [-0.2, -0.15) is 13.8 Å². The Hall–Kier alpha value is -2.26. The number of hydrogen-bond acceptors (Lipinski definition) is 5. The summed E-state index contributed by atoms with van der Waals surface area (Å²) in [5.74, 6) is -4.88. The number of allylic oxidation sites excluding steroid dienone is 2. The van der Waals surface area contributed by atoms with Gasteiger partial charge in [0, 0.05) is 18.2 Å². The number of benzene rings is 1. The van der Waals surface area contributed by atoms with Gasteiger partial charge in [-0.1, -0.05) is 30.0 Å². The lowest BCUT2D eigenvalue weighted by molar-refractivity contribution is -0.126. The summed E-state index contributed by atoms with van der Waals surface area (Å²) in [7, 11) is 1.38. The molecule has 0 saturated heterocycles. The van der Waals surface area contributed by atoms with Crippen molar-refractivity contribution >= 4 is 22.8 Å². The van der Waals surface area contributed by atoms with Crippen LogP contribution in [0.25, 0.3) is 0 Å². The minimum absolute atomic E-state index is 0.0322. The fourth-order valence-electron chi connectivity index (χ4n) is 2.93. The molecule has 0 fully saturated rings. The van der Waals surface area contributed by atoms with Crippen LogP contribution in [0.15, 0.2) is 53.2 Å². The van der Waals surface area contributed by atoms with Crippen molar-refractivity contribution in [3.05, 3.63) is 59.6 Å². The molecular weight excluding hydrogens is 391 g/mol. The number of carbonyl (C=O) groups is 1. The first-order valence-corrected chi connectivity index (χ1v) is 9.39. The van der Waals surface area contributed by atoms with Crippen LogP contribution in [0.1, 0.15) is 25.5 Å². The molecule has 0 aromatic heterocycles. The molecule has 1 amide bonds. The van der Waals surface area contributed by atoms with Gasteiger partial charge in [-0.05, 0) is 38.3 Å². The van der Waals surface area contributed by atoms with Crippen molar-refractivity contribution in [1.82, 2.24) is 10.6 Å². The number of nitrogens with zero attached hydrogens (tertiary/aromatic N) is 1. The molecule has 0 aliphatic carbocycles. The van der Waals surface area contributed by atoms with Gasteiger partial charge < -0.3 is 15.4 Å². The van der Waals surface area contributed by atoms with Crippen LogP contribution in [0.4, 0.5) is 13.2 Å². The zero-order valence-corrected chi connectivity index (χ0v) is 16.3. The standard InChI is InChI=1S/C19H20F3N3O2S/c1-11(13-6-4-5-7-14(13)20)24-17-25-16(26)18(2,28-17)19(21,22)12-8-9-23-15(10-12)27-3/h4-11,15,23H,1-3H3,(H,24,25,26)/t11-,15?,18?/m0/s1. The van der Waals surface area contributed by atoms with Gasteiger partial charge in [-0.25, -0.2) is 4.39 Å². The molecule has 3 atom stereocenters. The lowest BCUT2D eigenvalue weighted by Gasteiger charge is -2.33. The number of amides is 1. The first-order chi connectivity index (χ1) is 13.2. The summed E-state index contributed by atoms with van der Waals surface area (Å²) in [5.41, 5.74) is 0.0191. The third-order valence-electron chi connectivity index (χ3n) is 4.69. The van der Waals surface area contributed by atoms with Gasteiger partial charge in [0.05, 0.1) is 6.04 Å². The summed E-state index contributed by atoms with van der Waals surface area (Å²) in [6.07, 6.45) is 3.08. The molecule has 2 aliphatic rings. The maximum absolute atomic E-state index is 15.3. The van der Waals surface area contributed by atoms with Gasteiger partial charge >= 0.3 is 0 Å². The van der Waals surface area contributed by atoms with Crippen LogP contribution in [0.3, 0.4) is 0 Å². The van der Waals surface area contributed by atoms with E-state index in [1.54, 1.807) is 25.1 Å². The fourth-order valence-corrected chi connectivity index (χ4v) is 4.06. The second kappa shape index (κ2) is 7.63. The third kappa shape index (κ3) is 3.56. The summed E-state index contributed by atoms with van der Waals surface area (Å²) in [6, 6.07) is 5.57. The average Bonchev–Trinajstić information content (AvgIpc) is 2.97. The smallest absolute Gasteiger partial charge is 0.296 e. The van der Waals surface area contributed by atoms with E-state index in [1.165, 1.54) is 31.5 Å². The van der Waals surface area contributed by atoms with E-state index >= 15 is 8.78 Å². The predicted molar refractivity (Wildman–Crippen MR) is 102 cm³/mol. The van der Waals surface area contributed by atoms with E-state index in [-0.39, 0.29) is 10.7 Å². The number of hydrogen-bond donors (Lipinski definition) is 2. The molecule has 0 spiro atoms. The molecule has 0 radical (unpaired) electrons. The number of dihydropyridines is 1. The molecule has 2 aliphatic heterocycles. The van der Waals surface area contributed by atoms with E-state index in [9.17, 15) is 9.18 Å². The zero-order chi connectivity index (χ0) is 20.5. The molecular formula is C19H20F3N3O2S. The Kier molecular flexibility index (Phi) is 5.58. The second-order valence-electron chi connectivity index (χ2n) is 6.60. The average molecular weight is 411 g/mol. The van der Waals surface area contributed by atoms with Crippen molar-refractivity contribution in [3.63, 3.8) is 0 Å². The number of thioether (sulfide) groups is 1. The number of ether oxygens (including phenoxy) is 1. The van der Waals surface area contributed by atoms with Crippen LogP contribution in [0.5, 0.6) is 0 Å². The first kappa shape index (κ1) is 20.5. The highest BCUT2D eigenvalue weighted by atomic mass is 32.2. The van der Waals surface area contributed by atoms with Crippen LogP contribution in [-0.2, 0) is 9.53 Å². The Morgan fingerprint density at radius 2 is 2.11 bits per heavy atom. The van der Waals surface area contributed by atoms with Crippen molar-refractivity contribution in [2.45, 2.75) is 36.8 Å². The highest BCUT2D eigenvalue weighted by Crippen LogP contribution is 2.49. The highest BCUT2D eigenvalue weighted by Gasteiger charge is 2.61. The van der Waals surface area contributed by atoms with Crippen molar-refractivity contribution in [2.24, 2.45) is 4.99 Å². The minimum atomic E-state index is -3.50. The molecule has 0 bridgehead atoms. The molecule has 1 aromatic carbocycles. The van der Waals surface area contributed by atoms with E-state index in [0.29, 0.717) is 17.3 Å². The Morgan fingerprint density at radius 1 is 1.39 bits per heavy atom. The van der Waals surface area contributed by atoms with Gasteiger partial charge in [0.15, 0.2) is 9.91 Å². The number of rotatable bonds is 5. The molecule has 2 unspecified atom stereocenters. The highest BCUT2D eigenvalue weighted by molar-refractivity contribution is 8.16. The topological polar surface area (TPSA) is 62.7 Å². The zero-order valence-electron chi connectivity index (χ0n) is 15.5. The first-order valence-electron chi connectivity index (χ1n) is 8.57. The van der Waals surface area contributed by atoms with E-state index in [2.05, 4.69) is 15.6 Å². The molecule has 0 saturated carbocycles. The molecule has 9 heteroatoms. The maximum atomic E-state index is 15.3. The fraction of sp³-hybridized carbons (Fsp3) is 0.368. The SMILES string of the molecule is COC1C=C(C(F)(F)C2(C)SC(N[C@@H](C)c3ccccc3F)=NC2=O)C=CN1. The van der Waals surface area contributed by atoms with Crippen LogP contribution >= 0.6 is 11.8 Å². The second-order valence-corrected chi connectivity index (χ2v) is 8.00. The monoisotopic (exact) mass is 411 g/mol. The quantitative estimate of drug-likeness (QED) is 0.777. The lowest BCUT2D eigenvalue weighted by Crippen LogP contribution is -2.49. The Bertz CT molecular complexity index is 872. The van der Waals surface area contributed by atoms with Gasteiger partial charge in [-0.15, -0.1) is 0 Å². The molecule has 5 nitrogen and oxygen atoms in total. The van der Waals surface area contributed by atoms with Crippen LogP contribution < -0.4 is 10.6 Å². The number of amidine groups is 1. The molecule has 2 N–H and O–H groups in total. The van der Waals surface area contributed by atoms with Gasteiger partial charge in [0.25, 0.3) is 11.8 Å². The number of alkyl halides is 2. The Labute approximate surface area is 165 Å². The van der Waals surface area contributed by atoms with E-state index in [4.69, 9.17) is 4.74 Å². The summed E-state index contributed by atoms with van der Waals surface area (Å²) >= 11 is 0.640. The maximum Gasteiger partial charge on any atom is 0.296 e. The Balaban J connectivity index is 1.80. The minimum Gasteiger partial charge on any atom is -0.363 e. The van der Waals surface area contributed by atoms with Crippen molar-refractivity contribution in [3.8, 4) is 0 Å². The summed E-state index contributed by atoms with van der Waals surface area (Å²) in [5, 5.41) is 5.66. The predicted octanol–water partition coefficient (Wildman–Crippen LogP) is 3.52. The molecule has 2 heterocycles. The molecule has 28 heavy (non-hydrogen) atoms. The number of methoxy groups -OCH3 is 1. The number of nitrogens with one attached hydrogen (secondary N) is 2. The number of carbonyl (C=O) groups excluding carboxylic acids is 1.